The van der Waals surface area contributed by atoms with Crippen LogP contribution in [-0.4, -0.2) is 0 Å². The van der Waals surface area contributed by atoms with E-state index in [9.17, 15) is 0 Å². The van der Waals surface area contributed by atoms with E-state index in [1.807, 2.05) is 25.1 Å². The van der Waals surface area contributed by atoms with Crippen LogP contribution in [0.5, 0.6) is 0 Å². The fourth-order valence-corrected chi connectivity index (χ4v) is 0.650. The summed E-state index contributed by atoms with van der Waals surface area (Å²) < 4.78 is 0. The topological polar surface area (TPSA) is 23.8 Å². The number of rotatable bonds is 0. The molecule has 0 amide bonds. The molecule has 0 spiro atoms. The van der Waals surface area contributed by atoms with Gasteiger partial charge in [-0.05, 0) is 18.6 Å². The van der Waals surface area contributed by atoms with Gasteiger partial charge in [-0.1, -0.05) is 12.1 Å². The molecule has 0 N–H and O–H groups in total. The van der Waals surface area contributed by atoms with E-state index in [-0.39, 0.29) is 0 Å². The minimum Gasteiger partial charge on any atom is -0.192 e. The Morgan fingerprint density at radius 3 is 2.78 bits per heavy atom. The van der Waals surface area contributed by atoms with Gasteiger partial charge in [-0.25, -0.2) is 0 Å². The molecule has 1 heteroatoms. The molecule has 1 aromatic rings. The third-order valence-corrected chi connectivity index (χ3v) is 1.06. The van der Waals surface area contributed by atoms with E-state index in [1.54, 1.807) is 6.07 Å². The average Bonchev–Trinajstić information content (AvgIpc) is 1.88. The Hall–Kier alpha value is -1.29. The molecule has 1 radical (unpaired) electrons. The zero-order valence-corrected chi connectivity index (χ0v) is 5.18. The summed E-state index contributed by atoms with van der Waals surface area (Å²) in [5.74, 6) is 0. The van der Waals surface area contributed by atoms with Gasteiger partial charge in [0.05, 0.1) is 11.6 Å². The van der Waals surface area contributed by atoms with Crippen molar-refractivity contribution in [3.63, 3.8) is 0 Å². The summed E-state index contributed by atoms with van der Waals surface area (Å²) in [6.45, 7) is 1.92. The maximum atomic E-state index is 8.38. The summed E-state index contributed by atoms with van der Waals surface area (Å²) >= 11 is 0. The predicted molar refractivity (Wildman–Crippen MR) is 34.7 cm³/mol. The van der Waals surface area contributed by atoms with E-state index in [2.05, 4.69) is 6.07 Å². The van der Waals surface area contributed by atoms with Gasteiger partial charge in [0.1, 0.15) is 0 Å². The minimum atomic E-state index is 0.606. The van der Waals surface area contributed by atoms with Gasteiger partial charge in [-0.3, -0.25) is 0 Å². The molecule has 0 saturated heterocycles. The van der Waals surface area contributed by atoms with Gasteiger partial charge >= 0.3 is 0 Å². The van der Waals surface area contributed by atoms with E-state index < -0.39 is 0 Å². The summed E-state index contributed by atoms with van der Waals surface area (Å²) in [6, 6.07) is 10.4. The van der Waals surface area contributed by atoms with Crippen molar-refractivity contribution in [1.29, 1.82) is 5.26 Å². The number of hydrogen-bond donors (Lipinski definition) is 0. The quantitative estimate of drug-likeness (QED) is 0.505. The highest BCUT2D eigenvalue weighted by atomic mass is 14.2. The van der Waals surface area contributed by atoms with Gasteiger partial charge < -0.3 is 0 Å². The molecule has 0 unspecified atom stereocenters. The van der Waals surface area contributed by atoms with Crippen LogP contribution in [0.25, 0.3) is 0 Å². The van der Waals surface area contributed by atoms with Gasteiger partial charge in [0, 0.05) is 6.07 Å². The lowest BCUT2D eigenvalue weighted by Gasteiger charge is -1.87. The maximum absolute atomic E-state index is 8.38. The van der Waals surface area contributed by atoms with Crippen molar-refractivity contribution < 1.29 is 0 Å². The number of aryl methyl sites for hydroxylation is 1. The molecule has 0 fully saturated rings. The minimum absolute atomic E-state index is 0.606. The lowest BCUT2D eigenvalue weighted by molar-refractivity contribution is 1.41. The van der Waals surface area contributed by atoms with Crippen LogP contribution in [0.1, 0.15) is 11.1 Å². The van der Waals surface area contributed by atoms with Crippen LogP contribution in [0.4, 0.5) is 0 Å². The fourth-order valence-electron chi connectivity index (χ4n) is 0.650. The standard InChI is InChI=1S/C8H6N/c1-7-3-2-4-8(5-7)6-9/h2-4H,1H3. The van der Waals surface area contributed by atoms with Crippen LogP contribution in [0, 0.1) is 24.3 Å². The Labute approximate surface area is 54.6 Å². The largest absolute Gasteiger partial charge is 0.192 e. The van der Waals surface area contributed by atoms with Gasteiger partial charge in [0.15, 0.2) is 0 Å². The molecule has 0 bridgehead atoms. The Bertz CT molecular complexity index is 245. The molecule has 0 atom stereocenters. The second kappa shape index (κ2) is 2.32. The summed E-state index contributed by atoms with van der Waals surface area (Å²) in [7, 11) is 0. The maximum Gasteiger partial charge on any atom is 0.0998 e. The zero-order valence-electron chi connectivity index (χ0n) is 5.18. The molecule has 9 heavy (non-hydrogen) atoms. The van der Waals surface area contributed by atoms with E-state index in [0.717, 1.165) is 5.56 Å². The Balaban J connectivity index is 3.12. The highest BCUT2D eigenvalue weighted by Gasteiger charge is 1.87. The first-order valence-corrected chi connectivity index (χ1v) is 2.72. The Morgan fingerprint density at radius 1 is 1.56 bits per heavy atom. The third-order valence-electron chi connectivity index (χ3n) is 1.06. The first-order valence-electron chi connectivity index (χ1n) is 2.72. The summed E-state index contributed by atoms with van der Waals surface area (Å²) in [5.41, 5.74) is 1.61. The molecular formula is C8H6N. The SMILES string of the molecule is Cc1[c]c(C#N)ccc1. The van der Waals surface area contributed by atoms with Crippen molar-refractivity contribution in [2.24, 2.45) is 0 Å². The van der Waals surface area contributed by atoms with Crippen LogP contribution in [0.2, 0.25) is 0 Å². The average molecular weight is 116 g/mol. The summed E-state index contributed by atoms with van der Waals surface area (Å²) in [4.78, 5) is 0. The fraction of sp³-hybridized carbons (Fsp3) is 0.125. The number of hydrogen-bond acceptors (Lipinski definition) is 1. The van der Waals surface area contributed by atoms with E-state index in [0.29, 0.717) is 5.56 Å². The highest BCUT2D eigenvalue weighted by molar-refractivity contribution is 5.30. The van der Waals surface area contributed by atoms with Gasteiger partial charge in [0.2, 0.25) is 0 Å². The molecule has 0 aliphatic carbocycles. The number of nitrogens with zero attached hydrogens (tertiary/aromatic N) is 1. The lowest BCUT2D eigenvalue weighted by Crippen LogP contribution is -1.74. The molecule has 43 valence electrons. The van der Waals surface area contributed by atoms with Gasteiger partial charge in [0.25, 0.3) is 0 Å². The monoisotopic (exact) mass is 116 g/mol. The highest BCUT2D eigenvalue weighted by Crippen LogP contribution is 1.99. The van der Waals surface area contributed by atoms with E-state index >= 15 is 0 Å². The molecule has 0 aliphatic heterocycles. The second-order valence-corrected chi connectivity index (χ2v) is 1.86. The van der Waals surface area contributed by atoms with Crippen LogP contribution in [0.15, 0.2) is 18.2 Å². The molecule has 0 aromatic heterocycles. The molecule has 1 rings (SSSR count). The molecule has 0 aliphatic rings. The Morgan fingerprint density at radius 2 is 2.33 bits per heavy atom. The summed E-state index contributed by atoms with van der Waals surface area (Å²) in [6.07, 6.45) is 0. The lowest BCUT2D eigenvalue weighted by atomic mass is 10.2. The van der Waals surface area contributed by atoms with Crippen molar-refractivity contribution in [2.45, 2.75) is 6.92 Å². The molecule has 1 nitrogen and oxygen atoms in total. The number of nitriles is 1. The van der Waals surface area contributed by atoms with Crippen LogP contribution in [-0.2, 0) is 0 Å². The smallest absolute Gasteiger partial charge is 0.0998 e. The summed E-state index contributed by atoms with van der Waals surface area (Å²) in [5, 5.41) is 8.38. The van der Waals surface area contributed by atoms with E-state index in [4.69, 9.17) is 5.26 Å². The zero-order chi connectivity index (χ0) is 6.69. The van der Waals surface area contributed by atoms with Crippen LogP contribution >= 0.6 is 0 Å². The van der Waals surface area contributed by atoms with Crippen molar-refractivity contribution in [1.82, 2.24) is 0 Å². The Kier molecular flexibility index (Phi) is 1.51. The molecule has 1 aromatic carbocycles. The van der Waals surface area contributed by atoms with E-state index in [1.165, 1.54) is 0 Å². The van der Waals surface area contributed by atoms with Crippen molar-refractivity contribution in [2.75, 3.05) is 0 Å². The van der Waals surface area contributed by atoms with Crippen molar-refractivity contribution in [3.8, 4) is 6.07 Å². The first kappa shape index (κ1) is 5.84. The van der Waals surface area contributed by atoms with Crippen LogP contribution in [0.3, 0.4) is 0 Å². The molecular weight excluding hydrogens is 110 g/mol. The van der Waals surface area contributed by atoms with Gasteiger partial charge in [-0.15, -0.1) is 0 Å². The van der Waals surface area contributed by atoms with Crippen molar-refractivity contribution in [3.05, 3.63) is 35.4 Å². The second-order valence-electron chi connectivity index (χ2n) is 1.86. The number of benzene rings is 1. The predicted octanol–water partition coefficient (Wildman–Crippen LogP) is 1.67. The van der Waals surface area contributed by atoms with Gasteiger partial charge in [-0.2, -0.15) is 5.26 Å². The molecule has 0 saturated carbocycles. The third kappa shape index (κ3) is 1.30. The normalized spacial score (nSPS) is 8.44. The van der Waals surface area contributed by atoms with Crippen molar-refractivity contribution >= 4 is 0 Å². The van der Waals surface area contributed by atoms with Crippen LogP contribution < -0.4 is 0 Å². The first-order chi connectivity index (χ1) is 4.33. The molecule has 0 heterocycles.